The van der Waals surface area contributed by atoms with E-state index >= 15 is 0 Å². The van der Waals surface area contributed by atoms with Crippen LogP contribution in [0.1, 0.15) is 0 Å². The number of carbonyl (C=O) groups excluding carboxylic acids is 1. The van der Waals surface area contributed by atoms with E-state index < -0.39 is 17.0 Å². The Bertz CT molecular complexity index is 1320. The van der Waals surface area contributed by atoms with Crippen LogP contribution in [0.5, 0.6) is 0 Å². The Labute approximate surface area is 144 Å². The number of imidazole rings is 1. The predicted molar refractivity (Wildman–Crippen MR) is 96.4 cm³/mol. The van der Waals surface area contributed by atoms with E-state index in [1.165, 1.54) is 6.07 Å². The van der Waals surface area contributed by atoms with Gasteiger partial charge in [0.15, 0.2) is 0 Å². The maximum absolute atomic E-state index is 12.4. The number of amides is 1. The number of anilines is 1. The van der Waals surface area contributed by atoms with Crippen molar-refractivity contribution in [1.82, 2.24) is 19.7 Å². The summed E-state index contributed by atoms with van der Waals surface area (Å²) in [5.74, 6) is -0.490. The van der Waals surface area contributed by atoms with E-state index in [4.69, 9.17) is 0 Å². The molecule has 0 saturated carbocycles. The highest BCUT2D eigenvalue weighted by atomic mass is 16.2. The number of H-pyrrole nitrogens is 3. The molecule has 0 aliphatic carbocycles. The molecule has 0 saturated heterocycles. The number of carbonyl (C=O) groups is 1. The van der Waals surface area contributed by atoms with Crippen molar-refractivity contribution in [3.05, 3.63) is 73.7 Å². The lowest BCUT2D eigenvalue weighted by Gasteiger charge is -2.08. The van der Waals surface area contributed by atoms with Crippen LogP contribution < -0.4 is 22.1 Å². The SMILES string of the molecule is O=C(Cn1[nH]c(=O)c2ccccc2c1=O)Nc1ccc2[nH]c(=O)[nH]c2c1. The molecule has 0 atom stereocenters. The van der Waals surface area contributed by atoms with Gasteiger partial charge in [-0.25, -0.2) is 9.48 Å². The molecule has 0 aliphatic heterocycles. The summed E-state index contributed by atoms with van der Waals surface area (Å²) in [5, 5.41) is 5.55. The molecule has 4 N–H and O–H groups in total. The van der Waals surface area contributed by atoms with E-state index in [0.717, 1.165) is 4.68 Å². The first-order valence-electron chi connectivity index (χ1n) is 7.75. The minimum atomic E-state index is -0.490. The summed E-state index contributed by atoms with van der Waals surface area (Å²) in [6.45, 7) is -0.347. The molecule has 2 aromatic carbocycles. The lowest BCUT2D eigenvalue weighted by Crippen LogP contribution is -2.34. The smallest absolute Gasteiger partial charge is 0.323 e. The van der Waals surface area contributed by atoms with Crippen LogP contribution in [0.4, 0.5) is 5.69 Å². The van der Waals surface area contributed by atoms with Crippen molar-refractivity contribution in [1.29, 1.82) is 0 Å². The van der Waals surface area contributed by atoms with Crippen molar-refractivity contribution in [2.75, 3.05) is 5.32 Å². The molecular weight excluding hydrogens is 338 g/mol. The standard InChI is InChI=1S/C17H13N5O4/c23-14(18-9-5-6-12-13(7-9)20-17(26)19-12)8-22-16(25)11-4-2-1-3-10(11)15(24)21-22/h1-7H,8H2,(H,18,23)(H,21,24)(H2,19,20,26). The Morgan fingerprint density at radius 3 is 2.50 bits per heavy atom. The fourth-order valence-electron chi connectivity index (χ4n) is 2.81. The number of hydrogen-bond acceptors (Lipinski definition) is 4. The first-order valence-corrected chi connectivity index (χ1v) is 7.75. The van der Waals surface area contributed by atoms with Gasteiger partial charge in [-0.3, -0.25) is 19.5 Å². The molecule has 130 valence electrons. The summed E-state index contributed by atoms with van der Waals surface area (Å²) >= 11 is 0. The quantitative estimate of drug-likeness (QED) is 0.428. The van der Waals surface area contributed by atoms with Crippen LogP contribution in [-0.2, 0) is 11.3 Å². The number of fused-ring (bicyclic) bond motifs is 2. The normalized spacial score (nSPS) is 11.1. The van der Waals surface area contributed by atoms with E-state index in [0.29, 0.717) is 16.7 Å². The Kier molecular flexibility index (Phi) is 3.54. The summed E-state index contributed by atoms with van der Waals surface area (Å²) in [6, 6.07) is 11.3. The van der Waals surface area contributed by atoms with Crippen molar-refractivity contribution in [3.8, 4) is 0 Å². The first kappa shape index (κ1) is 15.6. The van der Waals surface area contributed by atoms with Crippen LogP contribution in [0.2, 0.25) is 0 Å². The van der Waals surface area contributed by atoms with Crippen LogP contribution in [0.3, 0.4) is 0 Å². The molecule has 2 aromatic heterocycles. The molecule has 0 fully saturated rings. The number of aromatic amines is 3. The number of aromatic nitrogens is 4. The molecule has 0 aliphatic rings. The lowest BCUT2D eigenvalue weighted by molar-refractivity contribution is -0.117. The van der Waals surface area contributed by atoms with Crippen molar-refractivity contribution >= 4 is 33.4 Å². The molecular formula is C17H13N5O4. The Morgan fingerprint density at radius 2 is 1.69 bits per heavy atom. The van der Waals surface area contributed by atoms with Crippen LogP contribution in [0, 0.1) is 0 Å². The van der Waals surface area contributed by atoms with Gasteiger partial charge in [-0.05, 0) is 30.3 Å². The zero-order valence-corrected chi connectivity index (χ0v) is 13.3. The minimum Gasteiger partial charge on any atom is -0.324 e. The van der Waals surface area contributed by atoms with Gasteiger partial charge < -0.3 is 15.3 Å². The summed E-state index contributed by atoms with van der Waals surface area (Å²) in [6.07, 6.45) is 0. The third-order valence-electron chi connectivity index (χ3n) is 3.99. The van der Waals surface area contributed by atoms with Crippen LogP contribution in [0.15, 0.2) is 56.8 Å². The van der Waals surface area contributed by atoms with Gasteiger partial charge >= 0.3 is 5.69 Å². The van der Waals surface area contributed by atoms with Crippen molar-refractivity contribution < 1.29 is 4.79 Å². The molecule has 4 aromatic rings. The molecule has 0 unspecified atom stereocenters. The Morgan fingerprint density at radius 1 is 0.962 bits per heavy atom. The zero-order valence-electron chi connectivity index (χ0n) is 13.3. The number of nitrogens with one attached hydrogen (secondary N) is 4. The number of nitrogens with zero attached hydrogens (tertiary/aromatic N) is 1. The third kappa shape index (κ3) is 2.71. The summed E-state index contributed by atoms with van der Waals surface area (Å²) in [4.78, 5) is 53.2. The molecule has 4 rings (SSSR count). The van der Waals surface area contributed by atoms with E-state index in [1.807, 2.05) is 0 Å². The maximum atomic E-state index is 12.4. The monoisotopic (exact) mass is 351 g/mol. The van der Waals surface area contributed by atoms with Crippen molar-refractivity contribution in [3.63, 3.8) is 0 Å². The van der Waals surface area contributed by atoms with E-state index in [9.17, 15) is 19.2 Å². The van der Waals surface area contributed by atoms with Gasteiger partial charge in [-0.1, -0.05) is 12.1 Å². The predicted octanol–water partition coefficient (Wildman–Crippen LogP) is 0.498. The molecule has 0 bridgehead atoms. The highest BCUT2D eigenvalue weighted by molar-refractivity contribution is 5.93. The molecule has 2 heterocycles. The Balaban J connectivity index is 1.62. The van der Waals surface area contributed by atoms with Gasteiger partial charge in [-0.2, -0.15) is 0 Å². The molecule has 9 nitrogen and oxygen atoms in total. The lowest BCUT2D eigenvalue weighted by atomic mass is 10.2. The highest BCUT2D eigenvalue weighted by Crippen LogP contribution is 2.14. The van der Waals surface area contributed by atoms with Crippen molar-refractivity contribution in [2.24, 2.45) is 0 Å². The molecule has 9 heteroatoms. The second-order valence-corrected chi connectivity index (χ2v) is 5.77. The molecule has 0 spiro atoms. The minimum absolute atomic E-state index is 0.246. The molecule has 26 heavy (non-hydrogen) atoms. The second-order valence-electron chi connectivity index (χ2n) is 5.77. The van der Waals surface area contributed by atoms with E-state index in [2.05, 4.69) is 20.4 Å². The molecule has 1 amide bonds. The third-order valence-corrected chi connectivity index (χ3v) is 3.99. The van der Waals surface area contributed by atoms with Crippen LogP contribution in [-0.4, -0.2) is 25.7 Å². The molecule has 0 radical (unpaired) electrons. The average Bonchev–Trinajstić information content (AvgIpc) is 2.99. The van der Waals surface area contributed by atoms with E-state index in [1.54, 1.807) is 36.4 Å². The van der Waals surface area contributed by atoms with Gasteiger partial charge in [0.05, 0.1) is 21.8 Å². The van der Waals surface area contributed by atoms with Crippen molar-refractivity contribution in [2.45, 2.75) is 6.54 Å². The fourth-order valence-corrected chi connectivity index (χ4v) is 2.81. The van der Waals surface area contributed by atoms with Crippen LogP contribution >= 0.6 is 0 Å². The van der Waals surface area contributed by atoms with Gasteiger partial charge in [0, 0.05) is 5.69 Å². The summed E-state index contributed by atoms with van der Waals surface area (Å²) in [5.41, 5.74) is 0.366. The fraction of sp³-hybridized carbons (Fsp3) is 0.0588. The van der Waals surface area contributed by atoms with Gasteiger partial charge in [0.1, 0.15) is 6.54 Å². The second kappa shape index (κ2) is 5.88. The summed E-state index contributed by atoms with van der Waals surface area (Å²) < 4.78 is 0.969. The topological polar surface area (TPSA) is 133 Å². The summed E-state index contributed by atoms with van der Waals surface area (Å²) in [7, 11) is 0. The average molecular weight is 351 g/mol. The number of hydrogen-bond donors (Lipinski definition) is 4. The largest absolute Gasteiger partial charge is 0.324 e. The van der Waals surface area contributed by atoms with Crippen LogP contribution in [0.25, 0.3) is 21.8 Å². The Hall–Kier alpha value is -3.88. The zero-order chi connectivity index (χ0) is 18.3. The first-order chi connectivity index (χ1) is 12.5. The van der Waals surface area contributed by atoms with Gasteiger partial charge in [0.2, 0.25) is 5.91 Å². The van der Waals surface area contributed by atoms with Gasteiger partial charge in [-0.15, -0.1) is 0 Å². The number of rotatable bonds is 3. The van der Waals surface area contributed by atoms with E-state index in [-0.39, 0.29) is 23.0 Å². The maximum Gasteiger partial charge on any atom is 0.323 e. The highest BCUT2D eigenvalue weighted by Gasteiger charge is 2.11. The van der Waals surface area contributed by atoms with Gasteiger partial charge in [0.25, 0.3) is 11.1 Å². The number of benzene rings is 2.